The number of nitrogen functional groups attached to an aromatic ring is 1. The summed E-state index contributed by atoms with van der Waals surface area (Å²) in [6, 6.07) is 12.0. The van der Waals surface area contributed by atoms with Crippen LogP contribution >= 0.6 is 7.82 Å². The first-order valence-electron chi connectivity index (χ1n) is 15.2. The molecule has 4 aromatic rings. The lowest BCUT2D eigenvalue weighted by Crippen LogP contribution is -2.43. The van der Waals surface area contributed by atoms with E-state index in [-0.39, 0.29) is 23.1 Å². The van der Waals surface area contributed by atoms with Gasteiger partial charge in [0.15, 0.2) is 30.0 Å². The second-order valence-electron chi connectivity index (χ2n) is 11.5. The summed E-state index contributed by atoms with van der Waals surface area (Å²) in [5.74, 6) is -1.01. The van der Waals surface area contributed by atoms with Gasteiger partial charge in [0.1, 0.15) is 30.2 Å². The van der Waals surface area contributed by atoms with Gasteiger partial charge in [0.25, 0.3) is 0 Å². The van der Waals surface area contributed by atoms with Crippen LogP contribution < -0.4 is 10.8 Å². The molecule has 2 aromatic heterocycles. The second-order valence-corrected chi connectivity index (χ2v) is 12.8. The number of aromatic nitrogens is 4. The van der Waals surface area contributed by atoms with Crippen LogP contribution in [0.15, 0.2) is 55.1 Å². The SMILES string of the molecule is COC(OP(=O)(O)OC(=O)[C@H](C)N(OC1CCCCC1)c1cccc2ccccc12)[C@H]1O[C@@H](n2cnc3c(N)ncnc32)[C@H](O)[C@@H]1O. The minimum absolute atomic E-state index is 0.0943. The first kappa shape index (κ1) is 33.2. The van der Waals surface area contributed by atoms with Crippen molar-refractivity contribution < 1.29 is 47.8 Å². The molecular formula is C30H37N6O10P. The van der Waals surface area contributed by atoms with Crippen LogP contribution in [0.5, 0.6) is 0 Å². The second kappa shape index (κ2) is 13.8. The number of nitrogens with zero attached hydrogens (tertiary/aromatic N) is 5. The number of hydrogen-bond acceptors (Lipinski definition) is 14. The third kappa shape index (κ3) is 6.82. The predicted molar refractivity (Wildman–Crippen MR) is 167 cm³/mol. The molecule has 47 heavy (non-hydrogen) atoms. The Kier molecular flexibility index (Phi) is 9.73. The quantitative estimate of drug-likeness (QED) is 0.102. The summed E-state index contributed by atoms with van der Waals surface area (Å²) in [6.45, 7) is 1.50. The normalized spacial score (nSPS) is 24.6. The highest BCUT2D eigenvalue weighted by Crippen LogP contribution is 2.48. The number of phosphoric ester groups is 1. The van der Waals surface area contributed by atoms with Crippen molar-refractivity contribution in [3.8, 4) is 0 Å². The molecule has 2 aromatic carbocycles. The standard InChI is InChI=1S/C30H37N6O10P/c1-17(36(44-19-11-4-3-5-12-19)21-14-8-10-18-9-6-7-13-20(18)21)29(39)45-47(40,41)46-30(42-2)25-23(37)24(38)28(43-25)35-16-34-22-26(31)32-15-33-27(22)35/h6-10,13-17,19,23-25,28,30,37-38H,3-5,11-12H2,1-2H3,(H,40,41)(H2,31,32,33)/t17-,23-,24+,25-,28+,30?/m0/s1. The Hall–Kier alpha value is -3.73. The maximum absolute atomic E-state index is 13.5. The molecule has 0 amide bonds. The van der Waals surface area contributed by atoms with Crippen LogP contribution in [0.3, 0.4) is 0 Å². The smallest absolute Gasteiger partial charge is 0.387 e. The van der Waals surface area contributed by atoms with E-state index in [2.05, 4.69) is 15.0 Å². The molecule has 0 spiro atoms. The Labute approximate surface area is 269 Å². The number of benzene rings is 2. The van der Waals surface area contributed by atoms with Crippen molar-refractivity contribution in [3.63, 3.8) is 0 Å². The molecule has 1 aliphatic heterocycles. The largest absolute Gasteiger partial charge is 0.532 e. The van der Waals surface area contributed by atoms with Gasteiger partial charge in [-0.05, 0) is 31.2 Å². The number of aliphatic hydroxyl groups is 2. The van der Waals surface area contributed by atoms with Gasteiger partial charge in [-0.15, -0.1) is 0 Å². The number of phosphoric acid groups is 1. The number of anilines is 2. The summed E-state index contributed by atoms with van der Waals surface area (Å²) in [7, 11) is -4.08. The molecule has 7 atom stereocenters. The van der Waals surface area contributed by atoms with Gasteiger partial charge in [-0.25, -0.2) is 33.9 Å². The summed E-state index contributed by atoms with van der Waals surface area (Å²) in [5.41, 5.74) is 6.89. The number of carbonyl (C=O) groups excluding carboxylic acids is 1. The van der Waals surface area contributed by atoms with Crippen molar-refractivity contribution in [2.45, 2.75) is 82.0 Å². The molecule has 1 saturated carbocycles. The van der Waals surface area contributed by atoms with Crippen LogP contribution in [-0.4, -0.2) is 84.5 Å². The van der Waals surface area contributed by atoms with Crippen LogP contribution in [-0.2, 0) is 32.7 Å². The lowest BCUT2D eigenvalue weighted by atomic mass is 9.98. The van der Waals surface area contributed by atoms with E-state index in [1.807, 2.05) is 36.4 Å². The summed E-state index contributed by atoms with van der Waals surface area (Å²) in [5, 5.41) is 24.8. The number of imidazole rings is 1. The number of nitrogens with two attached hydrogens (primary N) is 1. The van der Waals surface area contributed by atoms with Crippen LogP contribution in [0.1, 0.15) is 45.3 Å². The average molecular weight is 673 g/mol. The van der Waals surface area contributed by atoms with Gasteiger partial charge in [0, 0.05) is 12.5 Å². The minimum Gasteiger partial charge on any atom is -0.387 e. The maximum atomic E-state index is 13.5. The highest BCUT2D eigenvalue weighted by Gasteiger charge is 2.51. The first-order valence-corrected chi connectivity index (χ1v) is 16.7. The lowest BCUT2D eigenvalue weighted by molar-refractivity contribution is -0.178. The number of fused-ring (bicyclic) bond motifs is 2. The van der Waals surface area contributed by atoms with Crippen molar-refractivity contribution in [2.75, 3.05) is 17.9 Å². The number of rotatable bonds is 11. The van der Waals surface area contributed by atoms with Gasteiger partial charge in [-0.3, -0.25) is 14.3 Å². The number of hydroxylamine groups is 1. The van der Waals surface area contributed by atoms with Crippen molar-refractivity contribution >= 4 is 47.2 Å². The first-order chi connectivity index (χ1) is 22.6. The van der Waals surface area contributed by atoms with Crippen LogP contribution in [0.4, 0.5) is 11.5 Å². The number of carbonyl (C=O) groups is 1. The number of methoxy groups -OCH3 is 1. The van der Waals surface area contributed by atoms with Crippen molar-refractivity contribution in [3.05, 3.63) is 55.1 Å². The summed E-state index contributed by atoms with van der Waals surface area (Å²) >= 11 is 0. The van der Waals surface area contributed by atoms with Crippen LogP contribution in [0, 0.1) is 0 Å². The Morgan fingerprint density at radius 1 is 1.09 bits per heavy atom. The molecule has 0 radical (unpaired) electrons. The van der Waals surface area contributed by atoms with E-state index in [4.69, 9.17) is 29.1 Å². The van der Waals surface area contributed by atoms with E-state index >= 15 is 0 Å². The number of ether oxygens (including phenoxy) is 2. The Bertz CT molecular complexity index is 1760. The summed E-state index contributed by atoms with van der Waals surface area (Å²) in [6.07, 6.45) is -0.781. The zero-order chi connectivity index (χ0) is 33.3. The molecule has 2 unspecified atom stereocenters. The molecule has 6 rings (SSSR count). The van der Waals surface area contributed by atoms with Crippen molar-refractivity contribution in [1.29, 1.82) is 0 Å². The molecule has 1 saturated heterocycles. The molecule has 3 heterocycles. The van der Waals surface area contributed by atoms with E-state index in [0.29, 0.717) is 5.69 Å². The van der Waals surface area contributed by atoms with Gasteiger partial charge in [-0.2, -0.15) is 0 Å². The highest BCUT2D eigenvalue weighted by molar-refractivity contribution is 7.48. The molecular weight excluding hydrogens is 635 g/mol. The van der Waals surface area contributed by atoms with Crippen molar-refractivity contribution in [1.82, 2.24) is 19.5 Å². The summed E-state index contributed by atoms with van der Waals surface area (Å²) < 4.78 is 35.8. The fourth-order valence-corrected chi connectivity index (χ4v) is 6.85. The molecule has 1 aliphatic carbocycles. The average Bonchev–Trinajstić information content (AvgIpc) is 3.63. The number of aliphatic hydroxyl groups excluding tert-OH is 2. The molecule has 2 aliphatic rings. The topological polar surface area (TPSA) is 214 Å². The van der Waals surface area contributed by atoms with Crippen LogP contribution in [0.25, 0.3) is 21.9 Å². The van der Waals surface area contributed by atoms with Gasteiger partial charge >= 0.3 is 13.8 Å². The lowest BCUT2D eigenvalue weighted by Gasteiger charge is -2.34. The van der Waals surface area contributed by atoms with Gasteiger partial charge < -0.3 is 29.9 Å². The molecule has 17 heteroatoms. The molecule has 5 N–H and O–H groups in total. The fourth-order valence-electron chi connectivity index (χ4n) is 5.96. The van der Waals surface area contributed by atoms with E-state index in [9.17, 15) is 24.5 Å². The van der Waals surface area contributed by atoms with Gasteiger partial charge in [0.05, 0.1) is 18.1 Å². The van der Waals surface area contributed by atoms with Gasteiger partial charge in [0.2, 0.25) is 0 Å². The maximum Gasteiger partial charge on any atom is 0.532 e. The number of hydrogen-bond donors (Lipinski definition) is 4. The summed E-state index contributed by atoms with van der Waals surface area (Å²) in [4.78, 5) is 42.7. The minimum atomic E-state index is -5.21. The van der Waals surface area contributed by atoms with Gasteiger partial charge in [-0.1, -0.05) is 55.7 Å². The van der Waals surface area contributed by atoms with E-state index in [1.165, 1.54) is 29.2 Å². The molecule has 0 bridgehead atoms. The third-order valence-corrected chi connectivity index (χ3v) is 9.28. The zero-order valence-electron chi connectivity index (χ0n) is 25.7. The highest BCUT2D eigenvalue weighted by atomic mass is 31.2. The zero-order valence-corrected chi connectivity index (χ0v) is 26.6. The fraction of sp³-hybridized carbons (Fsp3) is 0.467. The Balaban J connectivity index is 1.19. The van der Waals surface area contributed by atoms with Crippen LogP contribution in [0.2, 0.25) is 0 Å². The van der Waals surface area contributed by atoms with Crippen molar-refractivity contribution in [2.24, 2.45) is 0 Å². The predicted octanol–water partition coefficient (Wildman–Crippen LogP) is 2.97. The molecule has 252 valence electrons. The Morgan fingerprint density at radius 3 is 2.60 bits per heavy atom. The molecule has 16 nitrogen and oxygen atoms in total. The van der Waals surface area contributed by atoms with E-state index in [1.54, 1.807) is 6.07 Å². The van der Waals surface area contributed by atoms with E-state index < -0.39 is 50.7 Å². The third-order valence-electron chi connectivity index (χ3n) is 8.39. The monoisotopic (exact) mass is 672 g/mol. The van der Waals surface area contributed by atoms with E-state index in [0.717, 1.165) is 50.0 Å². The molecule has 2 fully saturated rings. The Morgan fingerprint density at radius 2 is 1.83 bits per heavy atom.